The lowest BCUT2D eigenvalue weighted by Gasteiger charge is -2.09. The number of hydrogen-bond donors (Lipinski definition) is 2. The van der Waals surface area contributed by atoms with Gasteiger partial charge in [0.15, 0.2) is 0 Å². The second kappa shape index (κ2) is 7.82. The molecule has 0 aliphatic carbocycles. The standard InChI is InChI=1S/C19H22N2O3S2/c1-13-3-5-15(6-4-13)12-25-10-9-20-26(23,24)16-7-8-18-17(11-16)14(2)19(22)21-18/h3-8,11,14,20H,9-10,12H2,1-2H3,(H,21,22)/t14-/m0/s1. The number of benzene rings is 2. The summed E-state index contributed by atoms with van der Waals surface area (Å²) in [6, 6.07) is 13.1. The average Bonchev–Trinajstić information content (AvgIpc) is 2.90. The van der Waals surface area contributed by atoms with Crippen LogP contribution >= 0.6 is 11.8 Å². The van der Waals surface area contributed by atoms with Crippen LogP contribution in [0.4, 0.5) is 5.69 Å². The Morgan fingerprint density at radius 2 is 1.88 bits per heavy atom. The lowest BCUT2D eigenvalue weighted by molar-refractivity contribution is -0.116. The molecule has 2 aromatic rings. The molecule has 7 heteroatoms. The molecule has 0 radical (unpaired) electrons. The fraction of sp³-hybridized carbons (Fsp3) is 0.316. The molecule has 1 aliphatic rings. The highest BCUT2D eigenvalue weighted by molar-refractivity contribution is 7.98. The molecule has 0 saturated heterocycles. The molecule has 26 heavy (non-hydrogen) atoms. The van der Waals surface area contributed by atoms with Crippen molar-refractivity contribution in [1.82, 2.24) is 4.72 Å². The molecule has 0 fully saturated rings. The third kappa shape index (κ3) is 4.28. The summed E-state index contributed by atoms with van der Waals surface area (Å²) < 4.78 is 27.6. The molecular weight excluding hydrogens is 368 g/mol. The van der Waals surface area contributed by atoms with E-state index in [0.29, 0.717) is 18.0 Å². The highest BCUT2D eigenvalue weighted by atomic mass is 32.2. The van der Waals surface area contributed by atoms with Gasteiger partial charge >= 0.3 is 0 Å². The molecule has 1 amide bonds. The molecular formula is C19H22N2O3S2. The van der Waals surface area contributed by atoms with Crippen LogP contribution in [0, 0.1) is 6.92 Å². The van der Waals surface area contributed by atoms with Gasteiger partial charge in [-0.3, -0.25) is 4.79 Å². The van der Waals surface area contributed by atoms with Crippen LogP contribution in [-0.4, -0.2) is 26.6 Å². The third-order valence-corrected chi connectivity index (χ3v) is 6.87. The van der Waals surface area contributed by atoms with Gasteiger partial charge in [0.1, 0.15) is 0 Å². The Bertz CT molecular complexity index is 909. The molecule has 0 spiro atoms. The van der Waals surface area contributed by atoms with Gasteiger partial charge in [-0.05, 0) is 43.2 Å². The number of thioether (sulfide) groups is 1. The Kier molecular flexibility index (Phi) is 5.70. The molecule has 1 aliphatic heterocycles. The van der Waals surface area contributed by atoms with Crippen LogP contribution in [-0.2, 0) is 20.6 Å². The highest BCUT2D eigenvalue weighted by Gasteiger charge is 2.28. The largest absolute Gasteiger partial charge is 0.325 e. The van der Waals surface area contributed by atoms with E-state index in [9.17, 15) is 13.2 Å². The molecule has 2 aromatic carbocycles. The van der Waals surface area contributed by atoms with E-state index < -0.39 is 10.0 Å². The van der Waals surface area contributed by atoms with E-state index >= 15 is 0 Å². The van der Waals surface area contributed by atoms with Gasteiger partial charge in [-0.15, -0.1) is 0 Å². The van der Waals surface area contributed by atoms with E-state index in [4.69, 9.17) is 0 Å². The van der Waals surface area contributed by atoms with Crippen molar-refractivity contribution in [3.8, 4) is 0 Å². The van der Waals surface area contributed by atoms with Crippen molar-refractivity contribution in [1.29, 1.82) is 0 Å². The first kappa shape index (κ1) is 18.9. The summed E-state index contributed by atoms with van der Waals surface area (Å²) in [5.74, 6) is 1.11. The van der Waals surface area contributed by atoms with Gasteiger partial charge in [0.05, 0.1) is 10.8 Å². The SMILES string of the molecule is Cc1ccc(CSCCNS(=O)(=O)c2ccc3c(c2)[C@H](C)C(=O)N3)cc1. The topological polar surface area (TPSA) is 75.3 Å². The first-order valence-corrected chi connectivity index (χ1v) is 11.1. The second-order valence-corrected chi connectivity index (χ2v) is 9.27. The predicted molar refractivity (Wildman–Crippen MR) is 106 cm³/mol. The zero-order valence-corrected chi connectivity index (χ0v) is 16.4. The number of carbonyl (C=O) groups excluding carboxylic acids is 1. The number of carbonyl (C=O) groups is 1. The fourth-order valence-corrected chi connectivity index (χ4v) is 4.78. The summed E-state index contributed by atoms with van der Waals surface area (Å²) in [4.78, 5) is 11.9. The van der Waals surface area contributed by atoms with Crippen molar-refractivity contribution in [3.63, 3.8) is 0 Å². The van der Waals surface area contributed by atoms with Crippen molar-refractivity contribution < 1.29 is 13.2 Å². The van der Waals surface area contributed by atoms with Gasteiger partial charge in [-0.2, -0.15) is 11.8 Å². The average molecular weight is 391 g/mol. The first-order chi connectivity index (χ1) is 12.4. The lowest BCUT2D eigenvalue weighted by Crippen LogP contribution is -2.26. The van der Waals surface area contributed by atoms with Crippen molar-refractivity contribution >= 4 is 33.4 Å². The molecule has 0 saturated carbocycles. The van der Waals surface area contributed by atoms with Crippen molar-refractivity contribution in [2.24, 2.45) is 0 Å². The number of fused-ring (bicyclic) bond motifs is 1. The smallest absolute Gasteiger partial charge is 0.240 e. The highest BCUT2D eigenvalue weighted by Crippen LogP contribution is 2.33. The molecule has 138 valence electrons. The molecule has 0 bridgehead atoms. The lowest BCUT2D eigenvalue weighted by atomic mass is 10.0. The molecule has 1 atom stereocenters. The summed E-state index contributed by atoms with van der Waals surface area (Å²) in [6.07, 6.45) is 0. The van der Waals surface area contributed by atoms with E-state index in [1.165, 1.54) is 17.2 Å². The maximum atomic E-state index is 12.5. The van der Waals surface area contributed by atoms with E-state index in [1.807, 2.05) is 0 Å². The Morgan fingerprint density at radius 1 is 1.15 bits per heavy atom. The van der Waals surface area contributed by atoms with Crippen LogP contribution < -0.4 is 10.0 Å². The van der Waals surface area contributed by atoms with E-state index in [0.717, 1.165) is 11.3 Å². The second-order valence-electron chi connectivity index (χ2n) is 6.40. The predicted octanol–water partition coefficient (Wildman–Crippen LogP) is 3.26. The van der Waals surface area contributed by atoms with E-state index in [2.05, 4.69) is 41.2 Å². The van der Waals surface area contributed by atoms with Gasteiger partial charge in [0.25, 0.3) is 0 Å². The van der Waals surface area contributed by atoms with Crippen LogP contribution in [0.5, 0.6) is 0 Å². The van der Waals surface area contributed by atoms with Gasteiger partial charge in [0.2, 0.25) is 15.9 Å². The Hall–Kier alpha value is -1.83. The van der Waals surface area contributed by atoms with E-state index in [-0.39, 0.29) is 16.7 Å². The first-order valence-electron chi connectivity index (χ1n) is 8.44. The number of anilines is 1. The summed E-state index contributed by atoms with van der Waals surface area (Å²) in [7, 11) is -3.58. The number of rotatable bonds is 7. The third-order valence-electron chi connectivity index (χ3n) is 4.38. The van der Waals surface area contributed by atoms with Gasteiger partial charge in [0, 0.05) is 23.7 Å². The van der Waals surface area contributed by atoms with Gasteiger partial charge in [-0.1, -0.05) is 29.8 Å². The van der Waals surface area contributed by atoms with Crippen LogP contribution in [0.25, 0.3) is 0 Å². The minimum Gasteiger partial charge on any atom is -0.325 e. The van der Waals surface area contributed by atoms with E-state index in [1.54, 1.807) is 30.8 Å². The number of aryl methyl sites for hydroxylation is 1. The van der Waals surface area contributed by atoms with Crippen LogP contribution in [0.1, 0.15) is 29.5 Å². The monoisotopic (exact) mass is 390 g/mol. The molecule has 3 rings (SSSR count). The number of hydrogen-bond acceptors (Lipinski definition) is 4. The van der Waals surface area contributed by atoms with Gasteiger partial charge in [-0.25, -0.2) is 13.1 Å². The number of amides is 1. The quantitative estimate of drug-likeness (QED) is 0.712. The normalized spacial score (nSPS) is 16.4. The van der Waals surface area contributed by atoms with Crippen molar-refractivity contribution in [2.75, 3.05) is 17.6 Å². The van der Waals surface area contributed by atoms with Crippen LogP contribution in [0.3, 0.4) is 0 Å². The Labute approximate surface area is 158 Å². The maximum absolute atomic E-state index is 12.5. The Balaban J connectivity index is 1.53. The number of sulfonamides is 1. The zero-order valence-electron chi connectivity index (χ0n) is 14.8. The van der Waals surface area contributed by atoms with Crippen molar-refractivity contribution in [2.45, 2.75) is 30.4 Å². The molecule has 2 N–H and O–H groups in total. The summed E-state index contributed by atoms with van der Waals surface area (Å²) in [5, 5.41) is 2.75. The minimum absolute atomic E-state index is 0.102. The molecule has 1 heterocycles. The summed E-state index contributed by atoms with van der Waals surface area (Å²) in [5.41, 5.74) is 3.88. The van der Waals surface area contributed by atoms with Crippen molar-refractivity contribution in [3.05, 3.63) is 59.2 Å². The molecule has 0 aromatic heterocycles. The molecule has 5 nitrogen and oxygen atoms in total. The zero-order chi connectivity index (χ0) is 18.7. The summed E-state index contributed by atoms with van der Waals surface area (Å²) in [6.45, 7) is 4.19. The minimum atomic E-state index is -3.58. The number of nitrogens with one attached hydrogen (secondary N) is 2. The van der Waals surface area contributed by atoms with Crippen LogP contribution in [0.2, 0.25) is 0 Å². The van der Waals surface area contributed by atoms with Crippen LogP contribution in [0.15, 0.2) is 47.4 Å². The fourth-order valence-electron chi connectivity index (χ4n) is 2.77. The molecule has 0 unspecified atom stereocenters. The van der Waals surface area contributed by atoms with Gasteiger partial charge < -0.3 is 5.32 Å². The Morgan fingerprint density at radius 3 is 2.62 bits per heavy atom. The maximum Gasteiger partial charge on any atom is 0.240 e. The summed E-state index contributed by atoms with van der Waals surface area (Å²) >= 11 is 1.69.